The Morgan fingerprint density at radius 2 is 1.97 bits per heavy atom. The molecule has 33 heavy (non-hydrogen) atoms. The number of rotatable bonds is 4. The molecule has 1 aliphatic heterocycles. The summed E-state index contributed by atoms with van der Waals surface area (Å²) in [6.45, 7) is 3.13. The SMILES string of the molecule is Cc1nc2ccc(CN3CC=C(c4ccc(-c5cn(C)nn5)nc4F)CC3)c(F)c2[nH]c1=O. The van der Waals surface area contributed by atoms with E-state index in [0.29, 0.717) is 59.8 Å². The Balaban J connectivity index is 1.33. The van der Waals surface area contributed by atoms with Crippen LogP contribution in [0.25, 0.3) is 28.0 Å². The number of nitrogens with zero attached hydrogens (tertiary/aromatic N) is 6. The molecule has 1 N–H and O–H groups in total. The summed E-state index contributed by atoms with van der Waals surface area (Å²) in [5.41, 5.74) is 3.17. The summed E-state index contributed by atoms with van der Waals surface area (Å²) in [6.07, 6.45) is 4.23. The Bertz CT molecular complexity index is 1460. The van der Waals surface area contributed by atoms with Crippen molar-refractivity contribution in [2.45, 2.75) is 19.9 Å². The highest BCUT2D eigenvalue weighted by Crippen LogP contribution is 2.27. The maximum Gasteiger partial charge on any atom is 0.269 e. The molecule has 0 radical (unpaired) electrons. The number of aromatic amines is 1. The van der Waals surface area contributed by atoms with Crippen molar-refractivity contribution in [1.29, 1.82) is 0 Å². The summed E-state index contributed by atoms with van der Waals surface area (Å²) in [5.74, 6) is -1.02. The third-order valence-electron chi connectivity index (χ3n) is 5.80. The molecule has 0 amide bonds. The first-order valence-corrected chi connectivity index (χ1v) is 10.5. The minimum atomic E-state index is -0.551. The molecular formula is C23H21F2N7O. The Morgan fingerprint density at radius 1 is 1.12 bits per heavy atom. The predicted molar refractivity (Wildman–Crippen MR) is 119 cm³/mol. The van der Waals surface area contributed by atoms with Crippen molar-refractivity contribution in [2.75, 3.05) is 13.1 Å². The van der Waals surface area contributed by atoms with E-state index < -0.39 is 17.3 Å². The number of fused-ring (bicyclic) bond motifs is 1. The van der Waals surface area contributed by atoms with Gasteiger partial charge in [0.25, 0.3) is 5.56 Å². The van der Waals surface area contributed by atoms with Crippen LogP contribution in [0.5, 0.6) is 0 Å². The van der Waals surface area contributed by atoms with Gasteiger partial charge < -0.3 is 4.98 Å². The first-order chi connectivity index (χ1) is 15.9. The van der Waals surface area contributed by atoms with E-state index in [4.69, 9.17) is 0 Å². The summed E-state index contributed by atoms with van der Waals surface area (Å²) < 4.78 is 31.3. The normalized spacial score (nSPS) is 14.6. The molecule has 0 spiro atoms. The lowest BCUT2D eigenvalue weighted by atomic mass is 9.99. The van der Waals surface area contributed by atoms with Crippen molar-refractivity contribution < 1.29 is 8.78 Å². The zero-order valence-electron chi connectivity index (χ0n) is 18.1. The Morgan fingerprint density at radius 3 is 2.67 bits per heavy atom. The largest absolute Gasteiger partial charge is 0.317 e. The molecule has 0 bridgehead atoms. The van der Waals surface area contributed by atoms with Gasteiger partial charge in [-0.05, 0) is 37.1 Å². The van der Waals surface area contributed by atoms with Crippen LogP contribution in [-0.4, -0.2) is 47.9 Å². The molecule has 10 heteroatoms. The lowest BCUT2D eigenvalue weighted by molar-refractivity contribution is 0.289. The summed E-state index contributed by atoms with van der Waals surface area (Å²) >= 11 is 0. The standard InChI is InChI=1S/C23H21F2N7O/c1-13-23(33)28-21-18(26-13)5-3-15(20(21)24)11-32-9-7-14(8-10-32)16-4-6-17(27-22(16)25)19-12-31(2)30-29-19/h3-7,12H,8-11H2,1-2H3,(H,28,33). The highest BCUT2D eigenvalue weighted by atomic mass is 19.1. The number of benzene rings is 1. The number of hydrogen-bond donors (Lipinski definition) is 1. The first kappa shape index (κ1) is 21.1. The number of halogens is 2. The zero-order chi connectivity index (χ0) is 23.1. The van der Waals surface area contributed by atoms with E-state index in [0.717, 1.165) is 5.57 Å². The number of nitrogens with one attached hydrogen (secondary N) is 1. The molecule has 4 heterocycles. The Labute approximate surface area is 187 Å². The fourth-order valence-electron chi connectivity index (χ4n) is 4.00. The van der Waals surface area contributed by atoms with Crippen LogP contribution in [-0.2, 0) is 13.6 Å². The van der Waals surface area contributed by atoms with Gasteiger partial charge in [0.2, 0.25) is 5.95 Å². The van der Waals surface area contributed by atoms with Crippen LogP contribution in [0, 0.1) is 18.7 Å². The van der Waals surface area contributed by atoms with Gasteiger partial charge in [0, 0.05) is 37.8 Å². The molecule has 1 aromatic carbocycles. The number of H-pyrrole nitrogens is 1. The minimum Gasteiger partial charge on any atom is -0.317 e. The second-order valence-electron chi connectivity index (χ2n) is 8.11. The lowest BCUT2D eigenvalue weighted by Crippen LogP contribution is -2.28. The molecular weight excluding hydrogens is 428 g/mol. The third kappa shape index (κ3) is 4.05. The fourth-order valence-corrected chi connectivity index (χ4v) is 4.00. The number of hydrogen-bond acceptors (Lipinski definition) is 6. The zero-order valence-corrected chi connectivity index (χ0v) is 18.1. The minimum absolute atomic E-state index is 0.118. The van der Waals surface area contributed by atoms with Crippen LogP contribution in [0.1, 0.15) is 23.2 Å². The molecule has 0 atom stereocenters. The third-order valence-corrected chi connectivity index (χ3v) is 5.80. The van der Waals surface area contributed by atoms with Gasteiger partial charge in [-0.15, -0.1) is 5.10 Å². The smallest absolute Gasteiger partial charge is 0.269 e. The Kier molecular flexibility index (Phi) is 5.29. The van der Waals surface area contributed by atoms with E-state index in [2.05, 4.69) is 30.2 Å². The van der Waals surface area contributed by atoms with Crippen molar-refractivity contribution in [1.82, 2.24) is 34.8 Å². The quantitative estimate of drug-likeness (QED) is 0.482. The highest BCUT2D eigenvalue weighted by Gasteiger charge is 2.19. The molecule has 0 fully saturated rings. The molecule has 0 saturated heterocycles. The fraction of sp³-hybridized carbons (Fsp3) is 0.261. The van der Waals surface area contributed by atoms with E-state index >= 15 is 0 Å². The molecule has 3 aromatic heterocycles. The van der Waals surface area contributed by atoms with Gasteiger partial charge in [-0.1, -0.05) is 17.4 Å². The van der Waals surface area contributed by atoms with Gasteiger partial charge in [-0.25, -0.2) is 14.4 Å². The van der Waals surface area contributed by atoms with E-state index in [-0.39, 0.29) is 5.52 Å². The molecule has 8 nitrogen and oxygen atoms in total. The monoisotopic (exact) mass is 449 g/mol. The van der Waals surface area contributed by atoms with Crippen LogP contribution in [0.3, 0.4) is 0 Å². The average molecular weight is 449 g/mol. The predicted octanol–water partition coefficient (Wildman–Crippen LogP) is 2.99. The summed E-state index contributed by atoms with van der Waals surface area (Å²) in [7, 11) is 1.74. The second-order valence-corrected chi connectivity index (χ2v) is 8.11. The maximum absolute atomic E-state index is 15.0. The van der Waals surface area contributed by atoms with Crippen molar-refractivity contribution in [3.63, 3.8) is 0 Å². The van der Waals surface area contributed by atoms with Gasteiger partial charge in [0.15, 0.2) is 5.82 Å². The van der Waals surface area contributed by atoms with Crippen LogP contribution in [0.15, 0.2) is 41.3 Å². The van der Waals surface area contributed by atoms with E-state index in [1.54, 1.807) is 44.4 Å². The Hall–Kier alpha value is -3.79. The summed E-state index contributed by atoms with van der Waals surface area (Å²) in [5, 5.41) is 7.81. The van der Waals surface area contributed by atoms with Crippen molar-refractivity contribution in [3.8, 4) is 11.4 Å². The maximum atomic E-state index is 15.0. The summed E-state index contributed by atoms with van der Waals surface area (Å²) in [6, 6.07) is 6.84. The molecule has 5 rings (SSSR count). The molecule has 0 aliphatic carbocycles. The topological polar surface area (TPSA) is 92.6 Å². The lowest BCUT2D eigenvalue weighted by Gasteiger charge is -2.26. The molecule has 168 valence electrons. The van der Waals surface area contributed by atoms with Crippen molar-refractivity contribution in [2.24, 2.45) is 7.05 Å². The van der Waals surface area contributed by atoms with Crippen molar-refractivity contribution >= 4 is 16.6 Å². The second kappa shape index (κ2) is 8.28. The van der Waals surface area contributed by atoms with Crippen LogP contribution >= 0.6 is 0 Å². The average Bonchev–Trinajstić information content (AvgIpc) is 3.24. The van der Waals surface area contributed by atoms with Gasteiger partial charge in [-0.3, -0.25) is 14.4 Å². The van der Waals surface area contributed by atoms with Gasteiger partial charge >= 0.3 is 0 Å². The van der Waals surface area contributed by atoms with E-state index in [1.165, 1.54) is 4.68 Å². The summed E-state index contributed by atoms with van der Waals surface area (Å²) in [4.78, 5) is 24.7. The number of pyridine rings is 1. The highest BCUT2D eigenvalue weighted by molar-refractivity contribution is 5.75. The van der Waals surface area contributed by atoms with Crippen LogP contribution < -0.4 is 5.56 Å². The molecule has 0 unspecified atom stereocenters. The van der Waals surface area contributed by atoms with Crippen LogP contribution in [0.2, 0.25) is 0 Å². The molecule has 4 aromatic rings. The molecule has 0 saturated carbocycles. The van der Waals surface area contributed by atoms with Crippen LogP contribution in [0.4, 0.5) is 8.78 Å². The van der Waals surface area contributed by atoms with Gasteiger partial charge in [-0.2, -0.15) is 4.39 Å². The number of aromatic nitrogens is 6. The van der Waals surface area contributed by atoms with Gasteiger partial charge in [0.05, 0.1) is 17.4 Å². The number of aryl methyl sites for hydroxylation is 2. The van der Waals surface area contributed by atoms with E-state index in [1.807, 2.05) is 6.08 Å². The first-order valence-electron chi connectivity index (χ1n) is 10.5. The van der Waals surface area contributed by atoms with E-state index in [9.17, 15) is 13.6 Å². The van der Waals surface area contributed by atoms with Crippen molar-refractivity contribution in [3.05, 3.63) is 75.5 Å². The van der Waals surface area contributed by atoms with Gasteiger partial charge in [0.1, 0.15) is 16.9 Å². The molecule has 1 aliphatic rings.